The molecule has 124 valence electrons. The number of halogens is 3. The minimum absolute atomic E-state index is 0.376. The Kier molecular flexibility index (Phi) is 6.08. The van der Waals surface area contributed by atoms with Crippen LogP contribution in [0.25, 0.3) is 0 Å². The van der Waals surface area contributed by atoms with Crippen LogP contribution in [0.4, 0.5) is 23.7 Å². The third-order valence-electron chi connectivity index (χ3n) is 2.54. The Balaban J connectivity index is 2.30. The summed E-state index contributed by atoms with van der Waals surface area (Å²) < 4.78 is 42.7. The monoisotopic (exact) mass is 318 g/mol. The molecular weight excluding hydrogens is 297 g/mol. The van der Waals surface area contributed by atoms with Gasteiger partial charge in [-0.1, -0.05) is 6.07 Å². The zero-order valence-corrected chi connectivity index (χ0v) is 12.9. The lowest BCUT2D eigenvalue weighted by Gasteiger charge is -2.19. The maximum absolute atomic E-state index is 12.5. The highest BCUT2D eigenvalue weighted by atomic mass is 19.4. The quantitative estimate of drug-likeness (QED) is 0.806. The number of nitrogens with one attached hydrogen (secondary N) is 2. The van der Waals surface area contributed by atoms with Gasteiger partial charge in [0, 0.05) is 18.8 Å². The first-order valence-corrected chi connectivity index (χ1v) is 6.96. The van der Waals surface area contributed by atoms with Crippen LogP contribution in [0.5, 0.6) is 0 Å². The van der Waals surface area contributed by atoms with E-state index in [0.29, 0.717) is 25.2 Å². The summed E-state index contributed by atoms with van der Waals surface area (Å²) in [5.41, 5.74) is -0.850. The zero-order chi connectivity index (χ0) is 16.8. The summed E-state index contributed by atoms with van der Waals surface area (Å²) in [6.07, 6.45) is -4.29. The molecule has 0 spiro atoms. The van der Waals surface area contributed by atoms with E-state index in [4.69, 9.17) is 4.74 Å². The fraction of sp³-hybridized carbons (Fsp3) is 0.533. The van der Waals surface area contributed by atoms with Crippen molar-refractivity contribution >= 4 is 11.8 Å². The van der Waals surface area contributed by atoms with Crippen LogP contribution in [0, 0.1) is 0 Å². The van der Waals surface area contributed by atoms with Crippen molar-refractivity contribution < 1.29 is 22.7 Å². The molecule has 1 aromatic rings. The van der Waals surface area contributed by atoms with Crippen molar-refractivity contribution in [2.24, 2.45) is 0 Å². The Hall–Kier alpha value is -1.92. The van der Waals surface area contributed by atoms with Crippen LogP contribution >= 0.6 is 0 Å². The molecule has 0 atom stereocenters. The lowest BCUT2D eigenvalue weighted by Crippen LogP contribution is -2.33. The molecule has 0 saturated heterocycles. The fourth-order valence-electron chi connectivity index (χ4n) is 1.63. The van der Waals surface area contributed by atoms with Gasteiger partial charge in [0.1, 0.15) is 5.60 Å². The molecular formula is C15H21F3N2O2. The minimum atomic E-state index is -4.35. The third-order valence-corrected chi connectivity index (χ3v) is 2.54. The van der Waals surface area contributed by atoms with Crippen LogP contribution < -0.4 is 10.6 Å². The first kappa shape index (κ1) is 18.1. The van der Waals surface area contributed by atoms with Gasteiger partial charge in [0.05, 0.1) is 5.56 Å². The molecule has 1 amide bonds. The first-order valence-electron chi connectivity index (χ1n) is 6.96. The van der Waals surface area contributed by atoms with Gasteiger partial charge in [-0.2, -0.15) is 13.2 Å². The number of hydrogen-bond acceptors (Lipinski definition) is 3. The Morgan fingerprint density at radius 3 is 2.45 bits per heavy atom. The summed E-state index contributed by atoms with van der Waals surface area (Å²) in [6.45, 7) is 6.11. The highest BCUT2D eigenvalue weighted by Gasteiger charge is 2.30. The number of hydrogen-bond donors (Lipinski definition) is 2. The average Bonchev–Trinajstić information content (AvgIpc) is 2.35. The summed E-state index contributed by atoms with van der Waals surface area (Å²) in [5, 5.41) is 5.47. The highest BCUT2D eigenvalue weighted by molar-refractivity contribution is 5.67. The van der Waals surface area contributed by atoms with Crippen molar-refractivity contribution in [2.45, 2.75) is 39.0 Å². The second kappa shape index (κ2) is 7.38. The van der Waals surface area contributed by atoms with E-state index in [2.05, 4.69) is 10.6 Å². The number of carbonyl (C=O) groups excluding carboxylic acids is 1. The smallest absolute Gasteiger partial charge is 0.416 e. The number of anilines is 1. The molecule has 0 aromatic heterocycles. The van der Waals surface area contributed by atoms with Crippen molar-refractivity contribution in [3.63, 3.8) is 0 Å². The number of carbonyl (C=O) groups is 1. The Bertz CT molecular complexity index is 496. The molecule has 0 aliphatic carbocycles. The average molecular weight is 318 g/mol. The van der Waals surface area contributed by atoms with E-state index in [1.54, 1.807) is 26.8 Å². The second-order valence-corrected chi connectivity index (χ2v) is 5.79. The molecule has 0 saturated carbocycles. The second-order valence-electron chi connectivity index (χ2n) is 5.79. The Morgan fingerprint density at radius 1 is 1.18 bits per heavy atom. The number of alkyl halides is 3. The molecule has 2 N–H and O–H groups in total. The molecule has 1 aromatic carbocycles. The lowest BCUT2D eigenvalue weighted by molar-refractivity contribution is -0.137. The van der Waals surface area contributed by atoms with E-state index in [1.165, 1.54) is 6.07 Å². The topological polar surface area (TPSA) is 50.4 Å². The van der Waals surface area contributed by atoms with Crippen LogP contribution in [-0.2, 0) is 10.9 Å². The van der Waals surface area contributed by atoms with Gasteiger partial charge in [-0.05, 0) is 45.4 Å². The van der Waals surface area contributed by atoms with Gasteiger partial charge in [0.15, 0.2) is 0 Å². The molecule has 0 aliphatic rings. The van der Waals surface area contributed by atoms with Crippen molar-refractivity contribution in [3.8, 4) is 0 Å². The lowest BCUT2D eigenvalue weighted by atomic mass is 10.2. The maximum atomic E-state index is 12.5. The van der Waals surface area contributed by atoms with Gasteiger partial charge >= 0.3 is 12.3 Å². The molecule has 1 rings (SSSR count). The molecule has 7 heteroatoms. The summed E-state index contributed by atoms with van der Waals surface area (Å²) in [4.78, 5) is 11.4. The van der Waals surface area contributed by atoms with Crippen LogP contribution in [0.2, 0.25) is 0 Å². The fourth-order valence-corrected chi connectivity index (χ4v) is 1.63. The standard InChI is InChI=1S/C15H21F3N2O2/c1-14(2,3)22-13(21)20-9-5-8-19-12-7-4-6-11(10-12)15(16,17)18/h4,6-7,10,19H,5,8-9H2,1-3H3,(H,20,21). The van der Waals surface area contributed by atoms with Crippen molar-refractivity contribution in [3.05, 3.63) is 29.8 Å². The van der Waals surface area contributed by atoms with Crippen molar-refractivity contribution in [1.82, 2.24) is 5.32 Å². The Labute approximate surface area is 128 Å². The van der Waals surface area contributed by atoms with Gasteiger partial charge in [0.2, 0.25) is 0 Å². The molecule has 0 radical (unpaired) electrons. The molecule has 0 bridgehead atoms. The molecule has 0 heterocycles. The molecule has 0 aliphatic heterocycles. The summed E-state index contributed by atoms with van der Waals surface area (Å²) in [5.74, 6) is 0. The highest BCUT2D eigenvalue weighted by Crippen LogP contribution is 2.30. The third kappa shape index (κ3) is 7.19. The van der Waals surface area contributed by atoms with Gasteiger partial charge in [-0.25, -0.2) is 4.79 Å². The number of benzene rings is 1. The molecule has 4 nitrogen and oxygen atoms in total. The molecule has 0 fully saturated rings. The van der Waals surface area contributed by atoms with E-state index in [-0.39, 0.29) is 0 Å². The van der Waals surface area contributed by atoms with Crippen molar-refractivity contribution in [2.75, 3.05) is 18.4 Å². The van der Waals surface area contributed by atoms with Crippen LogP contribution in [-0.4, -0.2) is 24.8 Å². The van der Waals surface area contributed by atoms with Gasteiger partial charge < -0.3 is 15.4 Å². The van der Waals surface area contributed by atoms with Crippen LogP contribution in [0.3, 0.4) is 0 Å². The van der Waals surface area contributed by atoms with Crippen molar-refractivity contribution in [1.29, 1.82) is 0 Å². The van der Waals surface area contributed by atoms with E-state index in [0.717, 1.165) is 12.1 Å². The summed E-state index contributed by atoms with van der Waals surface area (Å²) >= 11 is 0. The number of rotatable bonds is 5. The normalized spacial score (nSPS) is 11.9. The van der Waals surface area contributed by atoms with Gasteiger partial charge in [-0.15, -0.1) is 0 Å². The summed E-state index contributed by atoms with van der Waals surface area (Å²) in [7, 11) is 0. The largest absolute Gasteiger partial charge is 0.444 e. The minimum Gasteiger partial charge on any atom is -0.444 e. The molecule has 22 heavy (non-hydrogen) atoms. The van der Waals surface area contributed by atoms with Gasteiger partial charge in [-0.3, -0.25) is 0 Å². The SMILES string of the molecule is CC(C)(C)OC(=O)NCCCNc1cccc(C(F)(F)F)c1. The van der Waals surface area contributed by atoms with Crippen LogP contribution in [0.15, 0.2) is 24.3 Å². The summed E-state index contributed by atoms with van der Waals surface area (Å²) in [6, 6.07) is 5.00. The van der Waals surface area contributed by atoms with E-state index in [9.17, 15) is 18.0 Å². The zero-order valence-electron chi connectivity index (χ0n) is 12.9. The maximum Gasteiger partial charge on any atom is 0.416 e. The number of alkyl carbamates (subject to hydrolysis) is 1. The number of ether oxygens (including phenoxy) is 1. The van der Waals surface area contributed by atoms with Gasteiger partial charge in [0.25, 0.3) is 0 Å². The van der Waals surface area contributed by atoms with E-state index >= 15 is 0 Å². The molecule has 0 unspecified atom stereocenters. The predicted molar refractivity (Wildman–Crippen MR) is 78.8 cm³/mol. The van der Waals surface area contributed by atoms with Crippen LogP contribution in [0.1, 0.15) is 32.8 Å². The number of amides is 1. The predicted octanol–water partition coefficient (Wildman–Crippen LogP) is 4.03. The van der Waals surface area contributed by atoms with E-state index < -0.39 is 23.4 Å². The Morgan fingerprint density at radius 2 is 1.86 bits per heavy atom. The van der Waals surface area contributed by atoms with E-state index in [1.807, 2.05) is 0 Å². The first-order chi connectivity index (χ1) is 10.1.